The number of nitrogens with zero attached hydrogens (tertiary/aromatic N) is 4. The third kappa shape index (κ3) is 2.85. The molecule has 0 saturated heterocycles. The summed E-state index contributed by atoms with van der Waals surface area (Å²) in [7, 11) is 0. The maximum atomic E-state index is 5.58. The Kier molecular flexibility index (Phi) is 3.71. The molecule has 0 amide bonds. The number of hydrogen-bond donors (Lipinski definition) is 1. The van der Waals surface area contributed by atoms with Crippen molar-refractivity contribution in [3.8, 4) is 0 Å². The highest BCUT2D eigenvalue weighted by atomic mass is 32.1. The summed E-state index contributed by atoms with van der Waals surface area (Å²) >= 11 is 4.92. The van der Waals surface area contributed by atoms with Gasteiger partial charge in [0.25, 0.3) is 0 Å². The number of benzene rings is 1. The highest BCUT2D eigenvalue weighted by Crippen LogP contribution is 2.25. The smallest absolute Gasteiger partial charge is 0.191 e. The zero-order valence-corrected chi connectivity index (χ0v) is 11.9. The van der Waals surface area contributed by atoms with Gasteiger partial charge >= 0.3 is 0 Å². The quantitative estimate of drug-likeness (QED) is 0.674. The van der Waals surface area contributed by atoms with Gasteiger partial charge in [-0.05, 0) is 50.7 Å². The van der Waals surface area contributed by atoms with E-state index in [1.54, 1.807) is 0 Å². The minimum absolute atomic E-state index is 0.206. The molecular weight excluding hydrogens is 258 g/mol. The fraction of sp³-hybridized carbons (Fsp3) is 0.231. The molecule has 2 rings (SSSR count). The first-order valence-electron chi connectivity index (χ1n) is 5.83. The van der Waals surface area contributed by atoms with Crippen molar-refractivity contribution < 1.29 is 0 Å². The predicted molar refractivity (Wildman–Crippen MR) is 79.2 cm³/mol. The van der Waals surface area contributed by atoms with Gasteiger partial charge in [0.1, 0.15) is 5.69 Å². The number of aryl methyl sites for hydroxylation is 2. The van der Waals surface area contributed by atoms with Crippen LogP contribution in [0.5, 0.6) is 0 Å². The van der Waals surface area contributed by atoms with Gasteiger partial charge in [0.2, 0.25) is 0 Å². The van der Waals surface area contributed by atoms with Gasteiger partial charge < -0.3 is 5.73 Å². The van der Waals surface area contributed by atoms with Crippen molar-refractivity contribution in [2.75, 3.05) is 0 Å². The van der Waals surface area contributed by atoms with Crippen LogP contribution in [-0.4, -0.2) is 14.9 Å². The normalized spacial score (nSPS) is 11.1. The first-order valence-corrected chi connectivity index (χ1v) is 6.24. The Morgan fingerprint density at radius 2 is 2.00 bits per heavy atom. The summed E-state index contributed by atoms with van der Waals surface area (Å²) in [5.74, 6) is 0. The molecular formula is C13H15N5S. The van der Waals surface area contributed by atoms with Gasteiger partial charge in [0, 0.05) is 0 Å². The van der Waals surface area contributed by atoms with E-state index in [4.69, 9.17) is 18.0 Å². The number of nitrogens with two attached hydrogens (primary N) is 1. The summed E-state index contributed by atoms with van der Waals surface area (Å²) < 4.78 is 1.50. The topological polar surface area (TPSA) is 68.6 Å². The summed E-state index contributed by atoms with van der Waals surface area (Å²) in [5.41, 5.74) is 9.78. The fourth-order valence-corrected chi connectivity index (χ4v) is 1.97. The lowest BCUT2D eigenvalue weighted by atomic mass is 10.2. The molecule has 0 aliphatic carbocycles. The summed E-state index contributed by atoms with van der Waals surface area (Å²) in [5, 5.41) is 12.9. The molecule has 1 aromatic heterocycles. The van der Waals surface area contributed by atoms with Crippen LogP contribution in [0, 0.1) is 20.8 Å². The summed E-state index contributed by atoms with van der Waals surface area (Å²) in [6.45, 7) is 5.73. The average Bonchev–Trinajstić information content (AvgIpc) is 2.63. The Labute approximate surface area is 117 Å². The van der Waals surface area contributed by atoms with E-state index in [1.807, 2.05) is 45.0 Å². The second-order valence-corrected chi connectivity index (χ2v) is 4.73. The van der Waals surface area contributed by atoms with Crippen molar-refractivity contribution in [1.82, 2.24) is 9.78 Å². The van der Waals surface area contributed by atoms with Crippen LogP contribution >= 0.6 is 12.2 Å². The van der Waals surface area contributed by atoms with Crippen molar-refractivity contribution >= 4 is 28.7 Å². The van der Waals surface area contributed by atoms with E-state index in [-0.39, 0.29) is 5.11 Å². The van der Waals surface area contributed by atoms with Gasteiger partial charge in [0.15, 0.2) is 5.11 Å². The maximum absolute atomic E-state index is 5.58. The third-order valence-corrected chi connectivity index (χ3v) is 2.90. The van der Waals surface area contributed by atoms with Gasteiger partial charge in [-0.1, -0.05) is 12.1 Å². The Morgan fingerprint density at radius 1 is 1.26 bits per heavy atom. The van der Waals surface area contributed by atoms with E-state index in [0.29, 0.717) is 5.69 Å². The lowest BCUT2D eigenvalue weighted by Gasteiger charge is -1.99. The Bertz CT molecular complexity index is 657. The molecule has 2 N–H and O–H groups in total. The molecule has 98 valence electrons. The van der Waals surface area contributed by atoms with E-state index < -0.39 is 0 Å². The monoisotopic (exact) mass is 273 g/mol. The summed E-state index contributed by atoms with van der Waals surface area (Å²) in [4.78, 5) is 0. The highest BCUT2D eigenvalue weighted by Gasteiger charge is 2.12. The van der Waals surface area contributed by atoms with Gasteiger partial charge in [-0.25, -0.2) is 4.68 Å². The minimum atomic E-state index is 0.206. The van der Waals surface area contributed by atoms with Crippen LogP contribution in [0.15, 0.2) is 34.5 Å². The van der Waals surface area contributed by atoms with Gasteiger partial charge in [-0.2, -0.15) is 10.2 Å². The van der Waals surface area contributed by atoms with Crippen LogP contribution in [0.2, 0.25) is 0 Å². The molecule has 0 saturated carbocycles. The first kappa shape index (κ1) is 13.4. The number of thiocarbonyl (C=S) groups is 1. The number of rotatable bonds is 2. The van der Waals surface area contributed by atoms with Gasteiger partial charge in [-0.15, -0.1) is 5.11 Å². The molecule has 0 fully saturated rings. The number of hydrogen-bond acceptors (Lipinski definition) is 4. The van der Waals surface area contributed by atoms with Crippen molar-refractivity contribution in [1.29, 1.82) is 0 Å². The largest absolute Gasteiger partial charge is 0.374 e. The SMILES string of the molecule is Cc1cccc(N=Nc2c(C)nn(C(N)=S)c2C)c1. The Balaban J connectivity index is 2.36. The number of aromatic nitrogens is 2. The molecule has 0 unspecified atom stereocenters. The fourth-order valence-electron chi connectivity index (χ4n) is 1.79. The van der Waals surface area contributed by atoms with Crippen molar-refractivity contribution in [2.24, 2.45) is 16.0 Å². The first-order chi connectivity index (χ1) is 8.99. The second-order valence-electron chi connectivity index (χ2n) is 4.31. The van der Waals surface area contributed by atoms with Crippen molar-refractivity contribution in [2.45, 2.75) is 20.8 Å². The molecule has 0 spiro atoms. The van der Waals surface area contributed by atoms with Crippen LogP contribution in [0.1, 0.15) is 17.0 Å². The zero-order valence-electron chi connectivity index (χ0n) is 11.1. The standard InChI is InChI=1S/C13H15N5S/c1-8-5-4-6-11(7-8)15-16-12-9(2)17-18(10(12)3)13(14)19/h4-7H,1-3H3,(H2,14,19). The molecule has 1 heterocycles. The highest BCUT2D eigenvalue weighted by molar-refractivity contribution is 7.80. The summed E-state index contributed by atoms with van der Waals surface area (Å²) in [6.07, 6.45) is 0. The van der Waals surface area contributed by atoms with Crippen LogP contribution < -0.4 is 5.73 Å². The van der Waals surface area contributed by atoms with Crippen LogP contribution in [0.3, 0.4) is 0 Å². The van der Waals surface area contributed by atoms with Crippen LogP contribution in [0.25, 0.3) is 0 Å². The molecule has 0 bridgehead atoms. The summed E-state index contributed by atoms with van der Waals surface area (Å²) in [6, 6.07) is 7.83. The van der Waals surface area contributed by atoms with E-state index >= 15 is 0 Å². The van der Waals surface area contributed by atoms with E-state index in [1.165, 1.54) is 4.68 Å². The molecule has 0 aliphatic rings. The number of azo groups is 1. The van der Waals surface area contributed by atoms with Crippen molar-refractivity contribution in [3.05, 3.63) is 41.2 Å². The Hall–Kier alpha value is -2.08. The van der Waals surface area contributed by atoms with Crippen LogP contribution in [0.4, 0.5) is 11.4 Å². The molecule has 2 aromatic rings. The van der Waals surface area contributed by atoms with Gasteiger partial charge in [0.05, 0.1) is 17.1 Å². The molecule has 6 heteroatoms. The van der Waals surface area contributed by atoms with Crippen molar-refractivity contribution in [3.63, 3.8) is 0 Å². The van der Waals surface area contributed by atoms with Gasteiger partial charge in [-0.3, -0.25) is 0 Å². The maximum Gasteiger partial charge on any atom is 0.191 e. The van der Waals surface area contributed by atoms with E-state index in [0.717, 1.165) is 22.6 Å². The van der Waals surface area contributed by atoms with Crippen LogP contribution in [-0.2, 0) is 0 Å². The molecule has 0 atom stereocenters. The predicted octanol–water partition coefficient (Wildman–Crippen LogP) is 3.32. The average molecular weight is 273 g/mol. The third-order valence-electron chi connectivity index (χ3n) is 2.73. The molecule has 0 radical (unpaired) electrons. The molecule has 19 heavy (non-hydrogen) atoms. The molecule has 1 aromatic carbocycles. The zero-order chi connectivity index (χ0) is 14.0. The molecule has 5 nitrogen and oxygen atoms in total. The minimum Gasteiger partial charge on any atom is -0.374 e. The Morgan fingerprint density at radius 3 is 2.58 bits per heavy atom. The molecule has 0 aliphatic heterocycles. The van der Waals surface area contributed by atoms with E-state index in [2.05, 4.69) is 15.3 Å². The lowest BCUT2D eigenvalue weighted by molar-refractivity contribution is 0.886. The lowest BCUT2D eigenvalue weighted by Crippen LogP contribution is -2.21. The van der Waals surface area contributed by atoms with E-state index in [9.17, 15) is 0 Å². The second kappa shape index (κ2) is 5.27.